The number of aromatic nitrogens is 2. The van der Waals surface area contributed by atoms with Crippen molar-refractivity contribution in [3.05, 3.63) is 21.9 Å². The van der Waals surface area contributed by atoms with Gasteiger partial charge in [-0.3, -0.25) is 0 Å². The second kappa shape index (κ2) is 4.72. The Morgan fingerprint density at radius 1 is 1.46 bits per heavy atom. The monoisotopic (exact) mass is 221 g/mol. The highest BCUT2D eigenvalue weighted by Crippen LogP contribution is 2.22. The molecule has 0 spiro atoms. The minimum absolute atomic E-state index is 0.00254. The van der Waals surface area contributed by atoms with Gasteiger partial charge in [0.05, 0.1) is 0 Å². The predicted octanol–water partition coefficient (Wildman–Crippen LogP) is 1.17. The molecule has 0 aliphatic heterocycles. The van der Waals surface area contributed by atoms with E-state index in [9.17, 15) is 0 Å². The molecule has 1 atom stereocenters. The Morgan fingerprint density at radius 3 is 2.77 bits per heavy atom. The molecule has 1 heterocycles. The molecule has 0 radical (unpaired) electrons. The van der Waals surface area contributed by atoms with E-state index in [1.165, 1.54) is 0 Å². The van der Waals surface area contributed by atoms with Crippen molar-refractivity contribution in [3.8, 4) is 0 Å². The predicted molar refractivity (Wildman–Crippen MR) is 50.7 cm³/mol. The average Bonchev–Trinajstić information content (AvgIpc) is 2.09. The van der Waals surface area contributed by atoms with Gasteiger partial charge in [-0.15, -0.1) is 10.2 Å². The molecule has 13 heavy (non-hydrogen) atoms. The fourth-order valence-corrected chi connectivity index (χ4v) is 1.31. The molecule has 1 rings (SSSR count). The standard InChI is InChI=1S/C7H9Cl2N3O/c8-6-3-4(5(10)1-2-13)7(9)12-11-6/h3,5,13H,1-2,10H2. The number of nitrogens with zero attached hydrogens (tertiary/aromatic N) is 2. The van der Waals surface area contributed by atoms with Gasteiger partial charge in [0.1, 0.15) is 0 Å². The summed E-state index contributed by atoms with van der Waals surface area (Å²) in [5.74, 6) is 0. The van der Waals surface area contributed by atoms with Crippen LogP contribution in [0.15, 0.2) is 6.07 Å². The average molecular weight is 222 g/mol. The van der Waals surface area contributed by atoms with Crippen LogP contribution in [0.4, 0.5) is 0 Å². The summed E-state index contributed by atoms with van der Waals surface area (Å²) in [7, 11) is 0. The van der Waals surface area contributed by atoms with Crippen LogP contribution in [0.3, 0.4) is 0 Å². The number of halogens is 2. The molecule has 0 amide bonds. The summed E-state index contributed by atoms with van der Waals surface area (Å²) in [5, 5.41) is 16.3. The summed E-state index contributed by atoms with van der Waals surface area (Å²) >= 11 is 11.3. The topological polar surface area (TPSA) is 72.0 Å². The van der Waals surface area contributed by atoms with Gasteiger partial charge in [0.15, 0.2) is 10.3 Å². The third-order valence-corrected chi connectivity index (χ3v) is 2.06. The first kappa shape index (κ1) is 10.7. The fraction of sp³-hybridized carbons (Fsp3) is 0.429. The summed E-state index contributed by atoms with van der Waals surface area (Å²) in [6, 6.07) is 1.20. The van der Waals surface area contributed by atoms with Crippen molar-refractivity contribution in [1.29, 1.82) is 0 Å². The Morgan fingerprint density at radius 2 is 2.15 bits per heavy atom. The first-order valence-corrected chi connectivity index (χ1v) is 4.45. The van der Waals surface area contributed by atoms with Crippen LogP contribution in [0, 0.1) is 0 Å². The Labute approximate surface area is 85.7 Å². The summed E-state index contributed by atoms with van der Waals surface area (Å²) in [5.41, 5.74) is 6.31. The highest BCUT2D eigenvalue weighted by Gasteiger charge is 2.11. The Hall–Kier alpha value is -0.420. The van der Waals surface area contributed by atoms with E-state index in [4.69, 9.17) is 34.0 Å². The Kier molecular flexibility index (Phi) is 3.87. The maximum Gasteiger partial charge on any atom is 0.156 e. The summed E-state index contributed by atoms with van der Waals surface area (Å²) in [6.07, 6.45) is 0.418. The third kappa shape index (κ3) is 2.77. The van der Waals surface area contributed by atoms with E-state index in [0.717, 1.165) is 0 Å². The van der Waals surface area contributed by atoms with Crippen LogP contribution in [-0.2, 0) is 0 Å². The molecule has 0 saturated heterocycles. The Balaban J connectivity index is 2.91. The molecule has 0 aromatic carbocycles. The lowest BCUT2D eigenvalue weighted by Gasteiger charge is -2.10. The van der Waals surface area contributed by atoms with Crippen LogP contribution >= 0.6 is 23.2 Å². The van der Waals surface area contributed by atoms with Crippen molar-refractivity contribution in [2.24, 2.45) is 5.73 Å². The molecule has 6 heteroatoms. The molecular weight excluding hydrogens is 213 g/mol. The first-order chi connectivity index (χ1) is 6.15. The second-order valence-electron chi connectivity index (χ2n) is 2.53. The highest BCUT2D eigenvalue weighted by molar-refractivity contribution is 6.31. The van der Waals surface area contributed by atoms with Crippen molar-refractivity contribution < 1.29 is 5.11 Å². The molecule has 0 aliphatic carbocycles. The van der Waals surface area contributed by atoms with Crippen LogP contribution in [0.5, 0.6) is 0 Å². The smallest absolute Gasteiger partial charge is 0.156 e. The van der Waals surface area contributed by atoms with Gasteiger partial charge < -0.3 is 10.8 Å². The molecule has 3 N–H and O–H groups in total. The Bertz CT molecular complexity index is 295. The molecule has 72 valence electrons. The van der Waals surface area contributed by atoms with Crippen molar-refractivity contribution >= 4 is 23.2 Å². The number of hydrogen-bond acceptors (Lipinski definition) is 4. The lowest BCUT2D eigenvalue weighted by atomic mass is 10.1. The number of hydrogen-bond donors (Lipinski definition) is 2. The summed E-state index contributed by atoms with van der Waals surface area (Å²) in [6.45, 7) is -0.00254. The van der Waals surface area contributed by atoms with E-state index in [1.807, 2.05) is 0 Å². The lowest BCUT2D eigenvalue weighted by molar-refractivity contribution is 0.276. The third-order valence-electron chi connectivity index (χ3n) is 1.59. The van der Waals surface area contributed by atoms with E-state index in [1.54, 1.807) is 6.07 Å². The zero-order valence-corrected chi connectivity index (χ0v) is 8.26. The van der Waals surface area contributed by atoms with E-state index < -0.39 is 0 Å². The van der Waals surface area contributed by atoms with Crippen LogP contribution in [-0.4, -0.2) is 21.9 Å². The normalized spacial score (nSPS) is 12.9. The lowest BCUT2D eigenvalue weighted by Crippen LogP contribution is -2.13. The van der Waals surface area contributed by atoms with Crippen LogP contribution in [0.25, 0.3) is 0 Å². The molecule has 4 nitrogen and oxygen atoms in total. The molecule has 0 aliphatic rings. The zero-order valence-electron chi connectivity index (χ0n) is 6.74. The molecule has 0 bridgehead atoms. The van der Waals surface area contributed by atoms with Crippen molar-refractivity contribution in [3.63, 3.8) is 0 Å². The van der Waals surface area contributed by atoms with E-state index in [-0.39, 0.29) is 23.0 Å². The fourth-order valence-electron chi connectivity index (χ4n) is 0.921. The van der Waals surface area contributed by atoms with Crippen LogP contribution < -0.4 is 5.73 Å². The maximum absolute atomic E-state index is 8.67. The second-order valence-corrected chi connectivity index (χ2v) is 3.28. The van der Waals surface area contributed by atoms with Gasteiger partial charge in [0.2, 0.25) is 0 Å². The number of aliphatic hydroxyl groups is 1. The minimum Gasteiger partial charge on any atom is -0.396 e. The van der Waals surface area contributed by atoms with E-state index in [0.29, 0.717) is 12.0 Å². The van der Waals surface area contributed by atoms with Gasteiger partial charge in [0, 0.05) is 18.2 Å². The molecule has 0 saturated carbocycles. The molecule has 1 aromatic heterocycles. The van der Waals surface area contributed by atoms with Gasteiger partial charge in [-0.05, 0) is 12.5 Å². The van der Waals surface area contributed by atoms with Gasteiger partial charge in [-0.1, -0.05) is 23.2 Å². The summed E-state index contributed by atoms with van der Waals surface area (Å²) < 4.78 is 0. The highest BCUT2D eigenvalue weighted by atomic mass is 35.5. The van der Waals surface area contributed by atoms with Crippen LogP contribution in [0.2, 0.25) is 10.3 Å². The number of rotatable bonds is 3. The largest absolute Gasteiger partial charge is 0.396 e. The first-order valence-electron chi connectivity index (χ1n) is 3.70. The quantitative estimate of drug-likeness (QED) is 0.804. The minimum atomic E-state index is -0.356. The number of aliphatic hydroxyl groups excluding tert-OH is 1. The van der Waals surface area contributed by atoms with Gasteiger partial charge in [-0.2, -0.15) is 0 Å². The van der Waals surface area contributed by atoms with E-state index >= 15 is 0 Å². The summed E-state index contributed by atoms with van der Waals surface area (Å²) in [4.78, 5) is 0. The molecule has 1 aromatic rings. The SMILES string of the molecule is NC(CCO)c1cc(Cl)nnc1Cl. The van der Waals surface area contributed by atoms with Crippen molar-refractivity contribution in [1.82, 2.24) is 10.2 Å². The molecule has 0 fully saturated rings. The molecular formula is C7H9Cl2N3O. The molecule has 1 unspecified atom stereocenters. The maximum atomic E-state index is 8.67. The number of nitrogens with two attached hydrogens (primary N) is 1. The van der Waals surface area contributed by atoms with Crippen molar-refractivity contribution in [2.75, 3.05) is 6.61 Å². The zero-order chi connectivity index (χ0) is 9.84. The van der Waals surface area contributed by atoms with Crippen molar-refractivity contribution in [2.45, 2.75) is 12.5 Å². The van der Waals surface area contributed by atoms with Gasteiger partial charge in [0.25, 0.3) is 0 Å². The van der Waals surface area contributed by atoms with Crippen LogP contribution in [0.1, 0.15) is 18.0 Å². The van der Waals surface area contributed by atoms with E-state index in [2.05, 4.69) is 10.2 Å². The van der Waals surface area contributed by atoms with Gasteiger partial charge >= 0.3 is 0 Å². The van der Waals surface area contributed by atoms with Gasteiger partial charge in [-0.25, -0.2) is 0 Å².